The maximum absolute atomic E-state index is 9.19. The molecule has 0 aromatic heterocycles. The fourth-order valence-electron chi connectivity index (χ4n) is 1.12. The zero-order valence-corrected chi connectivity index (χ0v) is 7.77. The lowest BCUT2D eigenvalue weighted by atomic mass is 10.1. The van der Waals surface area contributed by atoms with Crippen LogP contribution in [-0.4, -0.2) is 29.0 Å². The molecule has 5 N–H and O–H groups in total. The summed E-state index contributed by atoms with van der Waals surface area (Å²) in [6.07, 6.45) is 0. The lowest BCUT2D eigenvalue weighted by Gasteiger charge is -2.12. The van der Waals surface area contributed by atoms with Crippen molar-refractivity contribution in [3.8, 4) is 17.2 Å². The minimum absolute atomic E-state index is 0.268. The second kappa shape index (κ2) is 4.17. The summed E-state index contributed by atoms with van der Waals surface area (Å²) < 4.78 is 4.82. The molecule has 0 unspecified atom stereocenters. The Hall–Kier alpha value is -1.46. The summed E-state index contributed by atoms with van der Waals surface area (Å²) in [6.45, 7) is 0.268. The van der Waals surface area contributed by atoms with Gasteiger partial charge in [-0.3, -0.25) is 0 Å². The first-order valence-corrected chi connectivity index (χ1v) is 4.05. The van der Waals surface area contributed by atoms with Gasteiger partial charge in [0, 0.05) is 7.11 Å². The summed E-state index contributed by atoms with van der Waals surface area (Å²) in [5.74, 6) is -1.34. The van der Waals surface area contributed by atoms with Crippen molar-refractivity contribution >= 4 is 0 Å². The fraction of sp³-hybridized carbons (Fsp3) is 0.333. The van der Waals surface area contributed by atoms with Crippen LogP contribution in [0.4, 0.5) is 0 Å². The topological polar surface area (TPSA) is 95.9 Å². The van der Waals surface area contributed by atoms with E-state index in [1.54, 1.807) is 0 Å². The molecule has 0 aliphatic rings. The number of methoxy groups -OCH3 is 1. The first kappa shape index (κ1) is 10.6. The van der Waals surface area contributed by atoms with Gasteiger partial charge in [-0.1, -0.05) is 0 Å². The number of aromatic hydroxyl groups is 3. The molecule has 0 saturated carbocycles. The molecule has 0 radical (unpaired) electrons. The normalized spacial score (nSPS) is 12.7. The minimum atomic E-state index is -0.543. The molecule has 0 amide bonds. The van der Waals surface area contributed by atoms with Crippen LogP contribution >= 0.6 is 0 Å². The van der Waals surface area contributed by atoms with Crippen molar-refractivity contribution in [3.63, 3.8) is 0 Å². The van der Waals surface area contributed by atoms with Crippen LogP contribution in [0.5, 0.6) is 17.2 Å². The van der Waals surface area contributed by atoms with E-state index < -0.39 is 23.3 Å². The van der Waals surface area contributed by atoms with Crippen molar-refractivity contribution < 1.29 is 20.1 Å². The first-order chi connectivity index (χ1) is 6.56. The zero-order valence-electron chi connectivity index (χ0n) is 7.77. The molecule has 0 fully saturated rings. The van der Waals surface area contributed by atoms with Crippen LogP contribution in [0.25, 0.3) is 0 Å². The van der Waals surface area contributed by atoms with Gasteiger partial charge in [-0.25, -0.2) is 0 Å². The Kier molecular flexibility index (Phi) is 3.16. The van der Waals surface area contributed by atoms with Crippen LogP contribution in [0.2, 0.25) is 0 Å². The standard InChI is InChI=1S/C9H13NO4/c1-14-4-6(10)5-2-7(11)9(13)8(12)3-5/h2-3,6,11-13H,4,10H2,1H3/t6-/m1/s1. The second-order valence-corrected chi connectivity index (χ2v) is 2.97. The van der Waals surface area contributed by atoms with Crippen LogP contribution in [0.1, 0.15) is 11.6 Å². The highest BCUT2D eigenvalue weighted by atomic mass is 16.5. The van der Waals surface area contributed by atoms with Gasteiger partial charge in [0.2, 0.25) is 0 Å². The summed E-state index contributed by atoms with van der Waals surface area (Å²) in [7, 11) is 1.50. The Morgan fingerprint density at radius 3 is 2.21 bits per heavy atom. The number of benzene rings is 1. The molecule has 78 valence electrons. The van der Waals surface area contributed by atoms with Gasteiger partial charge in [0.1, 0.15) is 0 Å². The summed E-state index contributed by atoms with van der Waals surface area (Å²) >= 11 is 0. The molecule has 0 saturated heterocycles. The van der Waals surface area contributed by atoms with Gasteiger partial charge in [0.25, 0.3) is 0 Å². The highest BCUT2D eigenvalue weighted by Crippen LogP contribution is 2.36. The second-order valence-electron chi connectivity index (χ2n) is 2.97. The molecular weight excluding hydrogens is 186 g/mol. The van der Waals surface area contributed by atoms with E-state index >= 15 is 0 Å². The number of nitrogens with two attached hydrogens (primary N) is 1. The molecule has 0 spiro atoms. The third-order valence-corrected chi connectivity index (χ3v) is 1.87. The number of rotatable bonds is 3. The van der Waals surface area contributed by atoms with Crippen LogP contribution < -0.4 is 5.73 Å². The minimum Gasteiger partial charge on any atom is -0.504 e. The van der Waals surface area contributed by atoms with Gasteiger partial charge in [-0.05, 0) is 17.7 Å². The van der Waals surface area contributed by atoms with Crippen LogP contribution in [0.15, 0.2) is 12.1 Å². The molecule has 1 rings (SSSR count). The molecule has 1 atom stereocenters. The van der Waals surface area contributed by atoms with Crippen LogP contribution in [0, 0.1) is 0 Å². The van der Waals surface area contributed by atoms with Crippen molar-refractivity contribution in [1.29, 1.82) is 0 Å². The highest BCUT2D eigenvalue weighted by molar-refractivity contribution is 5.51. The molecule has 0 aliphatic carbocycles. The van der Waals surface area contributed by atoms with Gasteiger partial charge >= 0.3 is 0 Å². The van der Waals surface area contributed by atoms with E-state index in [4.69, 9.17) is 15.6 Å². The summed E-state index contributed by atoms with van der Waals surface area (Å²) in [6, 6.07) is 2.13. The van der Waals surface area contributed by atoms with Gasteiger partial charge < -0.3 is 25.8 Å². The van der Waals surface area contributed by atoms with Crippen molar-refractivity contribution in [1.82, 2.24) is 0 Å². The largest absolute Gasteiger partial charge is 0.504 e. The smallest absolute Gasteiger partial charge is 0.200 e. The fourth-order valence-corrected chi connectivity index (χ4v) is 1.12. The summed E-state index contributed by atoms with van der Waals surface area (Å²) in [5.41, 5.74) is 6.16. The Bertz CT molecular complexity index is 304. The number of ether oxygens (including phenoxy) is 1. The molecule has 0 bridgehead atoms. The molecular formula is C9H13NO4. The summed E-state index contributed by atoms with van der Waals surface area (Å²) in [5, 5.41) is 27.5. The van der Waals surface area contributed by atoms with E-state index in [0.717, 1.165) is 0 Å². The van der Waals surface area contributed by atoms with Gasteiger partial charge in [-0.2, -0.15) is 0 Å². The molecule has 1 aromatic rings. The van der Waals surface area contributed by atoms with Crippen molar-refractivity contribution in [2.24, 2.45) is 5.73 Å². The van der Waals surface area contributed by atoms with E-state index in [-0.39, 0.29) is 6.61 Å². The molecule has 0 heterocycles. The third kappa shape index (κ3) is 2.07. The van der Waals surface area contributed by atoms with Gasteiger partial charge in [-0.15, -0.1) is 0 Å². The van der Waals surface area contributed by atoms with E-state index in [9.17, 15) is 10.2 Å². The average molecular weight is 199 g/mol. The van der Waals surface area contributed by atoms with Crippen molar-refractivity contribution in [2.45, 2.75) is 6.04 Å². The van der Waals surface area contributed by atoms with Gasteiger partial charge in [0.15, 0.2) is 17.2 Å². The predicted molar refractivity (Wildman–Crippen MR) is 50.2 cm³/mol. The van der Waals surface area contributed by atoms with E-state index in [1.807, 2.05) is 0 Å². The number of phenolic OH excluding ortho intramolecular Hbond substituents is 3. The number of phenols is 3. The SMILES string of the molecule is COC[C@@H](N)c1cc(O)c(O)c(O)c1. The monoisotopic (exact) mass is 199 g/mol. The van der Waals surface area contributed by atoms with Crippen molar-refractivity contribution in [3.05, 3.63) is 17.7 Å². The first-order valence-electron chi connectivity index (χ1n) is 4.05. The van der Waals surface area contributed by atoms with Crippen LogP contribution in [-0.2, 0) is 4.74 Å². The lowest BCUT2D eigenvalue weighted by Crippen LogP contribution is -2.15. The van der Waals surface area contributed by atoms with E-state index in [0.29, 0.717) is 5.56 Å². The Labute approximate surface area is 81.4 Å². The lowest BCUT2D eigenvalue weighted by molar-refractivity contribution is 0.180. The maximum Gasteiger partial charge on any atom is 0.200 e. The molecule has 0 aliphatic heterocycles. The van der Waals surface area contributed by atoms with Crippen LogP contribution in [0.3, 0.4) is 0 Å². The highest BCUT2D eigenvalue weighted by Gasteiger charge is 2.12. The molecule has 14 heavy (non-hydrogen) atoms. The maximum atomic E-state index is 9.19. The Morgan fingerprint density at radius 2 is 1.79 bits per heavy atom. The number of hydrogen-bond acceptors (Lipinski definition) is 5. The summed E-state index contributed by atoms with van der Waals surface area (Å²) in [4.78, 5) is 0. The Morgan fingerprint density at radius 1 is 1.29 bits per heavy atom. The Balaban J connectivity index is 3.00. The molecule has 1 aromatic carbocycles. The number of hydrogen-bond donors (Lipinski definition) is 4. The van der Waals surface area contributed by atoms with E-state index in [2.05, 4.69) is 0 Å². The average Bonchev–Trinajstić information content (AvgIpc) is 2.13. The van der Waals surface area contributed by atoms with E-state index in [1.165, 1.54) is 19.2 Å². The zero-order chi connectivity index (χ0) is 10.7. The van der Waals surface area contributed by atoms with Crippen molar-refractivity contribution in [2.75, 3.05) is 13.7 Å². The quantitative estimate of drug-likeness (QED) is 0.530. The van der Waals surface area contributed by atoms with Gasteiger partial charge in [0.05, 0.1) is 12.6 Å². The molecule has 5 nitrogen and oxygen atoms in total. The molecule has 5 heteroatoms. The third-order valence-electron chi connectivity index (χ3n) is 1.87. The predicted octanol–water partition coefficient (Wildman–Crippen LogP) is 0.450.